The molecule has 1 aromatic carbocycles. The molecule has 0 atom stereocenters. The minimum atomic E-state index is 0.115. The third kappa shape index (κ3) is 4.58. The quantitative estimate of drug-likeness (QED) is 0.793. The molecule has 3 rings (SSSR count). The minimum Gasteiger partial charge on any atom is -0.497 e. The van der Waals surface area contributed by atoms with E-state index in [1.54, 1.807) is 13.4 Å². The fourth-order valence-electron chi connectivity index (χ4n) is 2.72. The summed E-state index contributed by atoms with van der Waals surface area (Å²) < 4.78 is 16.0. The van der Waals surface area contributed by atoms with Crippen LogP contribution in [0, 0.1) is 0 Å². The van der Waals surface area contributed by atoms with E-state index in [4.69, 9.17) is 13.9 Å². The Labute approximate surface area is 147 Å². The zero-order valence-corrected chi connectivity index (χ0v) is 14.6. The topological polar surface area (TPSA) is 68.0 Å². The van der Waals surface area contributed by atoms with E-state index in [-0.39, 0.29) is 5.91 Å². The van der Waals surface area contributed by atoms with E-state index in [1.165, 1.54) is 0 Å². The van der Waals surface area contributed by atoms with Gasteiger partial charge in [0.25, 0.3) is 0 Å². The molecular weight excluding hydrogens is 322 g/mol. The lowest BCUT2D eigenvalue weighted by Crippen LogP contribution is -2.44. The summed E-state index contributed by atoms with van der Waals surface area (Å²) >= 11 is 0. The number of oxazole rings is 1. The molecule has 1 aliphatic heterocycles. The second-order valence-electron chi connectivity index (χ2n) is 6.04. The summed E-state index contributed by atoms with van der Waals surface area (Å²) in [5.41, 5.74) is 1.68. The lowest BCUT2D eigenvalue weighted by molar-refractivity contribution is -0.136. The molecule has 0 aliphatic carbocycles. The van der Waals surface area contributed by atoms with Gasteiger partial charge in [-0.2, -0.15) is 0 Å². The SMILES string of the molecule is COc1ccc(-c2nc(CN(C)CC(=O)N3CCOCC3)co2)cc1. The normalized spacial score (nSPS) is 14.8. The first-order chi connectivity index (χ1) is 12.2. The fourth-order valence-corrected chi connectivity index (χ4v) is 2.72. The van der Waals surface area contributed by atoms with Crippen LogP contribution in [0.4, 0.5) is 0 Å². The first-order valence-corrected chi connectivity index (χ1v) is 8.28. The van der Waals surface area contributed by atoms with Crippen LogP contribution >= 0.6 is 0 Å². The molecule has 0 radical (unpaired) electrons. The maximum atomic E-state index is 12.3. The predicted molar refractivity (Wildman–Crippen MR) is 92.2 cm³/mol. The van der Waals surface area contributed by atoms with Gasteiger partial charge < -0.3 is 18.8 Å². The van der Waals surface area contributed by atoms with Gasteiger partial charge in [-0.15, -0.1) is 0 Å². The summed E-state index contributed by atoms with van der Waals surface area (Å²) in [6.45, 7) is 3.46. The number of aromatic nitrogens is 1. The molecule has 25 heavy (non-hydrogen) atoms. The highest BCUT2D eigenvalue weighted by Gasteiger charge is 2.19. The van der Waals surface area contributed by atoms with Gasteiger partial charge in [0, 0.05) is 25.2 Å². The van der Waals surface area contributed by atoms with Gasteiger partial charge in [0.2, 0.25) is 11.8 Å². The van der Waals surface area contributed by atoms with Crippen LogP contribution in [-0.2, 0) is 16.1 Å². The van der Waals surface area contributed by atoms with Crippen molar-refractivity contribution in [3.63, 3.8) is 0 Å². The van der Waals surface area contributed by atoms with Gasteiger partial charge >= 0.3 is 0 Å². The van der Waals surface area contributed by atoms with E-state index < -0.39 is 0 Å². The maximum absolute atomic E-state index is 12.3. The van der Waals surface area contributed by atoms with Crippen LogP contribution < -0.4 is 4.74 Å². The second-order valence-corrected chi connectivity index (χ2v) is 6.04. The Bertz CT molecular complexity index is 693. The lowest BCUT2D eigenvalue weighted by atomic mass is 10.2. The van der Waals surface area contributed by atoms with Crippen molar-refractivity contribution in [3.8, 4) is 17.2 Å². The van der Waals surface area contributed by atoms with Gasteiger partial charge in [0.15, 0.2) is 0 Å². The van der Waals surface area contributed by atoms with Gasteiger partial charge in [-0.1, -0.05) is 0 Å². The number of morpholine rings is 1. The molecule has 1 aromatic heterocycles. The Morgan fingerprint density at radius 3 is 2.68 bits per heavy atom. The van der Waals surface area contributed by atoms with Crippen molar-refractivity contribution in [2.75, 3.05) is 47.0 Å². The highest BCUT2D eigenvalue weighted by molar-refractivity contribution is 5.78. The third-order valence-electron chi connectivity index (χ3n) is 4.09. The molecular formula is C18H23N3O4. The van der Waals surface area contributed by atoms with Crippen molar-refractivity contribution in [3.05, 3.63) is 36.2 Å². The lowest BCUT2D eigenvalue weighted by Gasteiger charge is -2.28. The number of ether oxygens (including phenoxy) is 2. The van der Waals surface area contributed by atoms with Crippen molar-refractivity contribution in [2.45, 2.75) is 6.54 Å². The molecule has 0 spiro atoms. The van der Waals surface area contributed by atoms with E-state index >= 15 is 0 Å². The Hall–Kier alpha value is -2.38. The number of carbonyl (C=O) groups is 1. The largest absolute Gasteiger partial charge is 0.497 e. The first kappa shape index (κ1) is 17.4. The molecule has 7 nitrogen and oxygen atoms in total. The predicted octanol–water partition coefficient (Wildman–Crippen LogP) is 1.64. The highest BCUT2D eigenvalue weighted by atomic mass is 16.5. The van der Waals surface area contributed by atoms with Crippen molar-refractivity contribution in [2.24, 2.45) is 0 Å². The van der Waals surface area contributed by atoms with Gasteiger partial charge in [0.05, 0.1) is 32.6 Å². The van der Waals surface area contributed by atoms with Crippen molar-refractivity contribution >= 4 is 5.91 Å². The van der Waals surface area contributed by atoms with Crippen LogP contribution in [0.25, 0.3) is 11.5 Å². The van der Waals surface area contributed by atoms with Crippen molar-refractivity contribution in [1.82, 2.24) is 14.8 Å². The van der Waals surface area contributed by atoms with Crippen molar-refractivity contribution in [1.29, 1.82) is 0 Å². The summed E-state index contributed by atoms with van der Waals surface area (Å²) in [4.78, 5) is 20.5. The molecule has 1 amide bonds. The number of nitrogens with zero attached hydrogens (tertiary/aromatic N) is 3. The molecule has 1 aliphatic rings. The van der Waals surface area contributed by atoms with Crippen LogP contribution in [-0.4, -0.2) is 67.7 Å². The maximum Gasteiger partial charge on any atom is 0.236 e. The number of hydrogen-bond donors (Lipinski definition) is 0. The number of methoxy groups -OCH3 is 1. The average molecular weight is 345 g/mol. The first-order valence-electron chi connectivity index (χ1n) is 8.28. The van der Waals surface area contributed by atoms with Crippen LogP contribution in [0.15, 0.2) is 34.9 Å². The van der Waals surface area contributed by atoms with Crippen LogP contribution in [0.1, 0.15) is 5.69 Å². The number of benzene rings is 1. The number of carbonyl (C=O) groups excluding carboxylic acids is 1. The number of rotatable bonds is 6. The monoisotopic (exact) mass is 345 g/mol. The fraction of sp³-hybridized carbons (Fsp3) is 0.444. The Morgan fingerprint density at radius 1 is 1.28 bits per heavy atom. The summed E-state index contributed by atoms with van der Waals surface area (Å²) in [5, 5.41) is 0. The molecule has 0 bridgehead atoms. The van der Waals surface area contributed by atoms with E-state index in [2.05, 4.69) is 4.98 Å². The molecule has 134 valence electrons. The molecule has 2 heterocycles. The van der Waals surface area contributed by atoms with E-state index in [0.29, 0.717) is 45.3 Å². The summed E-state index contributed by atoms with van der Waals surface area (Å²) in [5.74, 6) is 1.46. The van der Waals surface area contributed by atoms with Gasteiger partial charge in [-0.05, 0) is 31.3 Å². The zero-order valence-electron chi connectivity index (χ0n) is 14.6. The van der Waals surface area contributed by atoms with Gasteiger partial charge in [-0.25, -0.2) is 4.98 Å². The zero-order chi connectivity index (χ0) is 17.6. The third-order valence-corrected chi connectivity index (χ3v) is 4.09. The van der Waals surface area contributed by atoms with Gasteiger partial charge in [0.1, 0.15) is 12.0 Å². The minimum absolute atomic E-state index is 0.115. The Balaban J connectivity index is 1.55. The molecule has 1 fully saturated rings. The van der Waals surface area contributed by atoms with Crippen LogP contribution in [0.2, 0.25) is 0 Å². The van der Waals surface area contributed by atoms with E-state index in [1.807, 2.05) is 41.1 Å². The van der Waals surface area contributed by atoms with Crippen LogP contribution in [0.5, 0.6) is 5.75 Å². The second kappa shape index (κ2) is 8.13. The van der Waals surface area contributed by atoms with Crippen molar-refractivity contribution < 1.29 is 18.7 Å². The molecule has 0 unspecified atom stereocenters. The smallest absolute Gasteiger partial charge is 0.236 e. The summed E-state index contributed by atoms with van der Waals surface area (Å²) in [6, 6.07) is 7.54. The number of hydrogen-bond acceptors (Lipinski definition) is 6. The highest BCUT2D eigenvalue weighted by Crippen LogP contribution is 2.22. The number of likely N-dealkylation sites (N-methyl/N-ethyl adjacent to an activating group) is 1. The number of amides is 1. The van der Waals surface area contributed by atoms with Gasteiger partial charge in [-0.3, -0.25) is 9.69 Å². The molecule has 1 saturated heterocycles. The average Bonchev–Trinajstić information content (AvgIpc) is 3.10. The molecule has 0 N–H and O–H groups in total. The molecule has 0 saturated carbocycles. The molecule has 7 heteroatoms. The summed E-state index contributed by atoms with van der Waals surface area (Å²) in [6.07, 6.45) is 1.63. The Morgan fingerprint density at radius 2 is 2.00 bits per heavy atom. The van der Waals surface area contributed by atoms with E-state index in [0.717, 1.165) is 17.0 Å². The standard InChI is InChI=1S/C18H23N3O4/c1-20(12-17(22)21-7-9-24-10-8-21)11-15-13-25-18(19-15)14-3-5-16(23-2)6-4-14/h3-6,13H,7-12H2,1-2H3. The van der Waals surface area contributed by atoms with E-state index in [9.17, 15) is 4.79 Å². The van der Waals surface area contributed by atoms with Crippen LogP contribution in [0.3, 0.4) is 0 Å². The molecule has 2 aromatic rings. The Kier molecular flexibility index (Phi) is 5.67. The summed E-state index contributed by atoms with van der Waals surface area (Å²) in [7, 11) is 3.53.